The largest absolute Gasteiger partial charge is 0.466 e. The second kappa shape index (κ2) is 6.62. The van der Waals surface area contributed by atoms with Crippen LogP contribution >= 0.6 is 0 Å². The highest BCUT2D eigenvalue weighted by Crippen LogP contribution is 2.20. The lowest BCUT2D eigenvalue weighted by atomic mass is 10.0. The Balaban J connectivity index is 2.10. The number of hydrogen-bond acceptors (Lipinski definition) is 4. The molecule has 2 amide bonds. The molecule has 122 valence electrons. The Morgan fingerprint density at radius 1 is 1.35 bits per heavy atom. The maximum atomic E-state index is 13.8. The summed E-state index contributed by atoms with van der Waals surface area (Å²) in [6.07, 6.45) is 1.40. The summed E-state index contributed by atoms with van der Waals surface area (Å²) in [7, 11) is 0. The highest BCUT2D eigenvalue weighted by Gasteiger charge is 2.27. The quantitative estimate of drug-likeness (QED) is 0.786. The van der Waals surface area contributed by atoms with Gasteiger partial charge in [-0.05, 0) is 37.3 Å². The number of halogens is 1. The van der Waals surface area contributed by atoms with E-state index in [2.05, 4.69) is 10.6 Å². The van der Waals surface area contributed by atoms with Crippen LogP contribution in [0, 0.1) is 5.82 Å². The first kappa shape index (κ1) is 16.7. The average Bonchev–Trinajstić information content (AvgIpc) is 3.01. The number of carbonyl (C=O) groups is 2. The number of amides is 2. The standard InChI is InChI=1S/C16H17FN2O4/c1-10(20)19-11-5-6-13(17)12(8-11)15(21)18-9-16(2,22)14-4-3-7-23-14/h3-8,22H,9H2,1-2H3,(H,18,21)(H,19,20). The summed E-state index contributed by atoms with van der Waals surface area (Å²) in [5, 5.41) is 15.2. The molecule has 3 N–H and O–H groups in total. The minimum atomic E-state index is -1.43. The number of nitrogens with one attached hydrogen (secondary N) is 2. The lowest BCUT2D eigenvalue weighted by Gasteiger charge is -2.21. The number of anilines is 1. The van der Waals surface area contributed by atoms with Gasteiger partial charge in [0.1, 0.15) is 17.2 Å². The Morgan fingerprint density at radius 3 is 2.70 bits per heavy atom. The van der Waals surface area contributed by atoms with Crippen LogP contribution in [0.25, 0.3) is 0 Å². The predicted octanol–water partition coefficient (Wildman–Crippen LogP) is 2.01. The first-order chi connectivity index (χ1) is 10.8. The van der Waals surface area contributed by atoms with Crippen LogP contribution in [0.2, 0.25) is 0 Å². The van der Waals surface area contributed by atoms with E-state index in [4.69, 9.17) is 4.42 Å². The molecule has 1 aromatic heterocycles. The van der Waals surface area contributed by atoms with Gasteiger partial charge in [-0.1, -0.05) is 0 Å². The van der Waals surface area contributed by atoms with Crippen LogP contribution in [-0.2, 0) is 10.4 Å². The molecule has 23 heavy (non-hydrogen) atoms. The van der Waals surface area contributed by atoms with Crippen LogP contribution in [-0.4, -0.2) is 23.5 Å². The van der Waals surface area contributed by atoms with Crippen LogP contribution in [0.5, 0.6) is 0 Å². The molecule has 0 saturated heterocycles. The van der Waals surface area contributed by atoms with Crippen LogP contribution in [0.3, 0.4) is 0 Å². The molecule has 6 nitrogen and oxygen atoms in total. The van der Waals surface area contributed by atoms with Crippen LogP contribution in [0.1, 0.15) is 30.0 Å². The molecule has 0 aliphatic heterocycles. The fourth-order valence-corrected chi connectivity index (χ4v) is 2.00. The van der Waals surface area contributed by atoms with E-state index in [0.29, 0.717) is 5.69 Å². The van der Waals surface area contributed by atoms with E-state index >= 15 is 0 Å². The first-order valence-corrected chi connectivity index (χ1v) is 6.91. The van der Waals surface area contributed by atoms with Crippen LogP contribution < -0.4 is 10.6 Å². The Labute approximate surface area is 132 Å². The lowest BCUT2D eigenvalue weighted by molar-refractivity contribution is -0.114. The van der Waals surface area contributed by atoms with Gasteiger partial charge in [-0.15, -0.1) is 0 Å². The number of benzene rings is 1. The van der Waals surface area contributed by atoms with Gasteiger partial charge in [0, 0.05) is 12.6 Å². The molecule has 0 radical (unpaired) electrons. The van der Waals surface area contributed by atoms with Gasteiger partial charge in [0.05, 0.1) is 18.4 Å². The maximum absolute atomic E-state index is 13.8. The molecule has 0 spiro atoms. The van der Waals surface area contributed by atoms with Crippen LogP contribution in [0.15, 0.2) is 41.0 Å². The summed E-state index contributed by atoms with van der Waals surface area (Å²) >= 11 is 0. The number of carbonyl (C=O) groups excluding carboxylic acids is 2. The molecule has 0 aliphatic rings. The zero-order valence-electron chi connectivity index (χ0n) is 12.7. The lowest BCUT2D eigenvalue weighted by Crippen LogP contribution is -2.38. The smallest absolute Gasteiger partial charge is 0.254 e. The van der Waals surface area contributed by atoms with Gasteiger partial charge in [0.25, 0.3) is 5.91 Å². The molecule has 2 rings (SSSR count). The summed E-state index contributed by atoms with van der Waals surface area (Å²) in [6.45, 7) is 2.61. The minimum absolute atomic E-state index is 0.164. The summed E-state index contributed by atoms with van der Waals surface area (Å²) < 4.78 is 18.9. The number of rotatable bonds is 5. The fourth-order valence-electron chi connectivity index (χ4n) is 2.00. The van der Waals surface area contributed by atoms with Crippen molar-refractivity contribution in [3.05, 3.63) is 53.7 Å². The Morgan fingerprint density at radius 2 is 2.09 bits per heavy atom. The molecule has 1 unspecified atom stereocenters. The zero-order valence-corrected chi connectivity index (χ0v) is 12.7. The molecule has 0 saturated carbocycles. The second-order valence-electron chi connectivity index (χ2n) is 5.31. The highest BCUT2D eigenvalue weighted by molar-refractivity contribution is 5.97. The first-order valence-electron chi connectivity index (χ1n) is 6.91. The van der Waals surface area contributed by atoms with Gasteiger partial charge in [0.2, 0.25) is 5.91 Å². The van der Waals surface area contributed by atoms with Gasteiger partial charge in [-0.3, -0.25) is 9.59 Å². The van der Waals surface area contributed by atoms with E-state index in [-0.39, 0.29) is 23.8 Å². The molecule has 2 aromatic rings. The Bertz CT molecular complexity index is 711. The van der Waals surface area contributed by atoms with E-state index in [1.54, 1.807) is 12.1 Å². The van der Waals surface area contributed by atoms with Crippen LogP contribution in [0.4, 0.5) is 10.1 Å². The van der Waals surface area contributed by atoms with Crippen molar-refractivity contribution < 1.29 is 23.5 Å². The van der Waals surface area contributed by atoms with Crippen molar-refractivity contribution in [3.8, 4) is 0 Å². The minimum Gasteiger partial charge on any atom is -0.466 e. The van der Waals surface area contributed by atoms with E-state index in [9.17, 15) is 19.1 Å². The van der Waals surface area contributed by atoms with Crippen molar-refractivity contribution in [3.63, 3.8) is 0 Å². The van der Waals surface area contributed by atoms with Crippen molar-refractivity contribution in [2.45, 2.75) is 19.4 Å². The predicted molar refractivity (Wildman–Crippen MR) is 81.3 cm³/mol. The van der Waals surface area contributed by atoms with Gasteiger partial charge >= 0.3 is 0 Å². The zero-order chi connectivity index (χ0) is 17.0. The van der Waals surface area contributed by atoms with Crippen molar-refractivity contribution in [2.75, 3.05) is 11.9 Å². The van der Waals surface area contributed by atoms with E-state index in [1.807, 2.05) is 0 Å². The summed E-state index contributed by atoms with van der Waals surface area (Å²) in [5.74, 6) is -1.48. The molecule has 1 atom stereocenters. The van der Waals surface area contributed by atoms with Gasteiger partial charge in [0.15, 0.2) is 0 Å². The van der Waals surface area contributed by atoms with E-state index < -0.39 is 17.3 Å². The Hall–Kier alpha value is -2.67. The molecule has 0 aliphatic carbocycles. The molecule has 1 heterocycles. The normalized spacial score (nSPS) is 13.2. The van der Waals surface area contributed by atoms with Gasteiger partial charge in [-0.25, -0.2) is 4.39 Å². The second-order valence-corrected chi connectivity index (χ2v) is 5.31. The third kappa shape index (κ3) is 4.17. The number of furan rings is 1. The summed E-state index contributed by atoms with van der Waals surface area (Å²) in [5.41, 5.74) is -1.35. The topological polar surface area (TPSA) is 91.6 Å². The number of hydrogen-bond donors (Lipinski definition) is 3. The van der Waals surface area contributed by atoms with E-state index in [0.717, 1.165) is 6.07 Å². The molecular weight excluding hydrogens is 303 g/mol. The Kier molecular flexibility index (Phi) is 4.80. The third-order valence-corrected chi connectivity index (χ3v) is 3.18. The van der Waals surface area contributed by atoms with Gasteiger partial charge < -0.3 is 20.2 Å². The third-order valence-electron chi connectivity index (χ3n) is 3.18. The van der Waals surface area contributed by atoms with Crippen molar-refractivity contribution in [2.24, 2.45) is 0 Å². The maximum Gasteiger partial charge on any atom is 0.254 e. The van der Waals surface area contributed by atoms with E-state index in [1.165, 1.54) is 32.2 Å². The van der Waals surface area contributed by atoms with Crippen molar-refractivity contribution in [1.82, 2.24) is 5.32 Å². The molecule has 1 aromatic carbocycles. The number of aliphatic hydroxyl groups is 1. The molecule has 0 bridgehead atoms. The SMILES string of the molecule is CC(=O)Nc1ccc(F)c(C(=O)NCC(C)(O)c2ccco2)c1. The average molecular weight is 320 g/mol. The van der Waals surface area contributed by atoms with Gasteiger partial charge in [-0.2, -0.15) is 0 Å². The molecular formula is C16H17FN2O4. The summed E-state index contributed by atoms with van der Waals surface area (Å²) in [4.78, 5) is 23.1. The van der Waals surface area contributed by atoms with Crippen molar-refractivity contribution >= 4 is 17.5 Å². The molecule has 7 heteroatoms. The summed E-state index contributed by atoms with van der Waals surface area (Å²) in [6, 6.07) is 6.86. The molecule has 0 fully saturated rings. The van der Waals surface area contributed by atoms with Crippen molar-refractivity contribution in [1.29, 1.82) is 0 Å². The monoisotopic (exact) mass is 320 g/mol. The highest BCUT2D eigenvalue weighted by atomic mass is 19.1. The fraction of sp³-hybridized carbons (Fsp3) is 0.250.